The van der Waals surface area contributed by atoms with Crippen LogP contribution in [-0.4, -0.2) is 35.0 Å². The summed E-state index contributed by atoms with van der Waals surface area (Å²) in [6.07, 6.45) is 4.25. The summed E-state index contributed by atoms with van der Waals surface area (Å²) in [7, 11) is 0. The first kappa shape index (κ1) is 15.2. The zero-order valence-corrected chi connectivity index (χ0v) is 13.7. The first-order valence-electron chi connectivity index (χ1n) is 7.28. The molecule has 0 aliphatic carbocycles. The Morgan fingerprint density at radius 3 is 2.91 bits per heavy atom. The number of rotatable bonds is 4. The molecule has 2 aromatic rings. The molecule has 1 fully saturated rings. The van der Waals surface area contributed by atoms with Crippen molar-refractivity contribution >= 4 is 21.8 Å². The van der Waals surface area contributed by atoms with Crippen LogP contribution in [0.25, 0.3) is 0 Å². The molecule has 0 radical (unpaired) electrons. The number of carbonyl (C=O) groups is 1. The van der Waals surface area contributed by atoms with Gasteiger partial charge in [0.25, 0.3) is 5.91 Å². The smallest absolute Gasteiger partial charge is 0.255 e. The number of pyridine rings is 1. The summed E-state index contributed by atoms with van der Waals surface area (Å²) in [6, 6.07) is 11.9. The lowest BCUT2D eigenvalue weighted by atomic mass is 10.2. The molecule has 0 saturated carbocycles. The lowest BCUT2D eigenvalue weighted by Gasteiger charge is -2.17. The number of amides is 1. The molecule has 1 atom stereocenters. The largest absolute Gasteiger partial charge is 0.372 e. The van der Waals surface area contributed by atoms with Gasteiger partial charge in [-0.3, -0.25) is 9.78 Å². The minimum atomic E-state index is 0.0135. The van der Waals surface area contributed by atoms with E-state index in [9.17, 15) is 4.79 Å². The monoisotopic (exact) mass is 360 g/mol. The maximum Gasteiger partial charge on any atom is 0.255 e. The van der Waals surface area contributed by atoms with Crippen LogP contribution in [-0.2, 0) is 11.3 Å². The molecule has 1 aliphatic rings. The number of hydrogen-bond acceptors (Lipinski definition) is 3. The van der Waals surface area contributed by atoms with E-state index >= 15 is 0 Å². The normalized spacial score (nSPS) is 17.7. The summed E-state index contributed by atoms with van der Waals surface area (Å²) >= 11 is 3.34. The fourth-order valence-corrected chi connectivity index (χ4v) is 2.91. The number of aromatic nitrogens is 1. The fraction of sp³-hybridized carbons (Fsp3) is 0.294. The first-order valence-corrected chi connectivity index (χ1v) is 8.07. The van der Waals surface area contributed by atoms with Crippen molar-refractivity contribution in [1.82, 2.24) is 9.88 Å². The highest BCUT2D eigenvalue weighted by atomic mass is 79.9. The molecule has 4 nitrogen and oxygen atoms in total. The zero-order valence-electron chi connectivity index (χ0n) is 12.1. The van der Waals surface area contributed by atoms with Crippen LogP contribution in [0.15, 0.2) is 53.3 Å². The number of carbonyl (C=O) groups excluding carboxylic acids is 1. The van der Waals surface area contributed by atoms with Crippen LogP contribution in [0.5, 0.6) is 0 Å². The van der Waals surface area contributed by atoms with Crippen LogP contribution >= 0.6 is 15.9 Å². The maximum atomic E-state index is 12.4. The molecule has 114 valence electrons. The molecule has 0 spiro atoms. The van der Waals surface area contributed by atoms with Gasteiger partial charge in [0.2, 0.25) is 0 Å². The van der Waals surface area contributed by atoms with E-state index in [4.69, 9.17) is 4.74 Å². The third kappa shape index (κ3) is 3.72. The summed E-state index contributed by atoms with van der Waals surface area (Å²) in [5.41, 5.74) is 1.77. The number of likely N-dealkylation sites (tertiary alicyclic amines) is 1. The number of hydrogen-bond donors (Lipinski definition) is 0. The van der Waals surface area contributed by atoms with Gasteiger partial charge in [-0.25, -0.2) is 0 Å². The molecular formula is C17H17BrN2O2. The Morgan fingerprint density at radius 2 is 2.14 bits per heavy atom. The fourth-order valence-electron chi connectivity index (χ4n) is 2.55. The zero-order chi connectivity index (χ0) is 15.4. The molecule has 0 bridgehead atoms. The van der Waals surface area contributed by atoms with E-state index in [1.165, 1.54) is 0 Å². The van der Waals surface area contributed by atoms with Gasteiger partial charge >= 0.3 is 0 Å². The van der Waals surface area contributed by atoms with Crippen molar-refractivity contribution in [2.45, 2.75) is 19.1 Å². The molecule has 0 N–H and O–H groups in total. The van der Waals surface area contributed by atoms with Gasteiger partial charge < -0.3 is 9.64 Å². The van der Waals surface area contributed by atoms with Crippen LogP contribution < -0.4 is 0 Å². The van der Waals surface area contributed by atoms with E-state index in [0.29, 0.717) is 18.7 Å². The number of benzene rings is 1. The van der Waals surface area contributed by atoms with Gasteiger partial charge in [-0.2, -0.15) is 0 Å². The standard InChI is InChI=1S/C17H17BrN2O2/c18-15-8-14(9-19-10-15)17(21)20-7-6-16(11-20)22-12-13-4-2-1-3-5-13/h1-5,8-10,16H,6-7,11-12H2. The Labute approximate surface area is 138 Å². The van der Waals surface area contributed by atoms with Crippen molar-refractivity contribution in [3.63, 3.8) is 0 Å². The van der Waals surface area contributed by atoms with Crippen LogP contribution in [0, 0.1) is 0 Å². The lowest BCUT2D eigenvalue weighted by Crippen LogP contribution is -2.30. The third-order valence-corrected chi connectivity index (χ3v) is 4.15. The Balaban J connectivity index is 1.55. The molecule has 5 heteroatoms. The highest BCUT2D eigenvalue weighted by molar-refractivity contribution is 9.10. The second kappa shape index (κ2) is 7.03. The van der Waals surface area contributed by atoms with Gasteiger partial charge in [0.05, 0.1) is 18.3 Å². The maximum absolute atomic E-state index is 12.4. The molecule has 2 heterocycles. The molecule has 1 saturated heterocycles. The minimum Gasteiger partial charge on any atom is -0.372 e. The Hall–Kier alpha value is -1.72. The summed E-state index contributed by atoms with van der Waals surface area (Å²) in [5, 5.41) is 0. The summed E-state index contributed by atoms with van der Waals surface area (Å²) < 4.78 is 6.72. The summed E-state index contributed by atoms with van der Waals surface area (Å²) in [6.45, 7) is 1.95. The van der Waals surface area contributed by atoms with Gasteiger partial charge in [0.15, 0.2) is 0 Å². The molecule has 1 aromatic carbocycles. The lowest BCUT2D eigenvalue weighted by molar-refractivity contribution is 0.0437. The van der Waals surface area contributed by atoms with Gasteiger partial charge in [-0.15, -0.1) is 0 Å². The van der Waals surface area contributed by atoms with Crippen molar-refractivity contribution in [3.05, 3.63) is 64.4 Å². The third-order valence-electron chi connectivity index (χ3n) is 3.71. The van der Waals surface area contributed by atoms with Crippen molar-refractivity contribution in [2.24, 2.45) is 0 Å². The van der Waals surface area contributed by atoms with Gasteiger partial charge in [0.1, 0.15) is 0 Å². The second-order valence-corrected chi connectivity index (χ2v) is 6.27. The summed E-state index contributed by atoms with van der Waals surface area (Å²) in [4.78, 5) is 18.3. The molecule has 3 rings (SSSR count). The Morgan fingerprint density at radius 1 is 1.32 bits per heavy atom. The number of ether oxygens (including phenoxy) is 1. The molecule has 1 aromatic heterocycles. The van der Waals surface area contributed by atoms with Crippen LogP contribution in [0.1, 0.15) is 22.3 Å². The number of halogens is 1. The summed E-state index contributed by atoms with van der Waals surface area (Å²) in [5.74, 6) is 0.0135. The van der Waals surface area contributed by atoms with Crippen LogP contribution in [0.4, 0.5) is 0 Å². The second-order valence-electron chi connectivity index (χ2n) is 5.35. The topological polar surface area (TPSA) is 42.4 Å². The van der Waals surface area contributed by atoms with E-state index < -0.39 is 0 Å². The number of nitrogens with zero attached hydrogens (tertiary/aromatic N) is 2. The average molecular weight is 361 g/mol. The highest BCUT2D eigenvalue weighted by Crippen LogP contribution is 2.18. The molecule has 1 amide bonds. The van der Waals surface area contributed by atoms with Crippen molar-refractivity contribution in [2.75, 3.05) is 13.1 Å². The SMILES string of the molecule is O=C(c1cncc(Br)c1)N1CCC(OCc2ccccc2)C1. The van der Waals surface area contributed by atoms with Gasteiger partial charge in [-0.05, 0) is 34.0 Å². The van der Waals surface area contributed by atoms with Gasteiger partial charge in [0, 0.05) is 30.0 Å². The molecule has 1 unspecified atom stereocenters. The van der Waals surface area contributed by atoms with Crippen LogP contribution in [0.3, 0.4) is 0 Å². The predicted octanol–water partition coefficient (Wildman–Crippen LogP) is 3.28. The van der Waals surface area contributed by atoms with Crippen molar-refractivity contribution in [1.29, 1.82) is 0 Å². The molecule has 22 heavy (non-hydrogen) atoms. The van der Waals surface area contributed by atoms with E-state index in [1.54, 1.807) is 18.5 Å². The van der Waals surface area contributed by atoms with Crippen LogP contribution in [0.2, 0.25) is 0 Å². The first-order chi connectivity index (χ1) is 10.7. The van der Waals surface area contributed by atoms with E-state index in [2.05, 4.69) is 20.9 Å². The Kier molecular flexibility index (Phi) is 4.85. The Bertz CT molecular complexity index is 648. The molecular weight excluding hydrogens is 344 g/mol. The van der Waals surface area contributed by atoms with E-state index in [-0.39, 0.29) is 12.0 Å². The van der Waals surface area contributed by atoms with Gasteiger partial charge in [-0.1, -0.05) is 30.3 Å². The van der Waals surface area contributed by atoms with Crippen molar-refractivity contribution in [3.8, 4) is 0 Å². The van der Waals surface area contributed by atoms with E-state index in [0.717, 1.165) is 23.0 Å². The quantitative estimate of drug-likeness (QED) is 0.840. The average Bonchev–Trinajstić information content (AvgIpc) is 3.02. The predicted molar refractivity (Wildman–Crippen MR) is 87.5 cm³/mol. The van der Waals surface area contributed by atoms with Crippen molar-refractivity contribution < 1.29 is 9.53 Å². The highest BCUT2D eigenvalue weighted by Gasteiger charge is 2.27. The molecule has 1 aliphatic heterocycles. The van der Waals surface area contributed by atoms with E-state index in [1.807, 2.05) is 35.2 Å². The minimum absolute atomic E-state index is 0.0135.